The van der Waals surface area contributed by atoms with E-state index in [0.717, 1.165) is 97.1 Å². The summed E-state index contributed by atoms with van der Waals surface area (Å²) in [5.74, 6) is 0.444. The smallest absolute Gasteiger partial charge is 0.254 e. The number of pyridine rings is 1. The van der Waals surface area contributed by atoms with E-state index >= 15 is 0 Å². The number of rotatable bonds is 20. The fourth-order valence-corrected chi connectivity index (χ4v) is 14.2. The molecule has 2 aliphatic carbocycles. The molecule has 0 radical (unpaired) electrons. The maximum atomic E-state index is 12.6. The summed E-state index contributed by atoms with van der Waals surface area (Å²) in [6, 6.07) is 30.0. The van der Waals surface area contributed by atoms with E-state index in [9.17, 15) is 44.1 Å². The summed E-state index contributed by atoms with van der Waals surface area (Å²) in [4.78, 5) is 87.5. The highest BCUT2D eigenvalue weighted by molar-refractivity contribution is 5.96. The maximum absolute atomic E-state index is 12.6. The third-order valence-electron chi connectivity index (χ3n) is 19.3. The number of carbonyl (C=O) groups is 4. The molecule has 0 spiro atoms. The van der Waals surface area contributed by atoms with Crippen molar-refractivity contribution >= 4 is 23.4 Å². The first kappa shape index (κ1) is 67.9. The molecule has 2 saturated heterocycles. The van der Waals surface area contributed by atoms with Gasteiger partial charge in [0, 0.05) is 134 Å². The molecule has 5 aromatic rings. The van der Waals surface area contributed by atoms with E-state index in [2.05, 4.69) is 91.7 Å². The lowest BCUT2D eigenvalue weighted by Gasteiger charge is -2.31. The average Bonchev–Trinajstić information content (AvgIpc) is 1.47. The Kier molecular flexibility index (Phi) is 25.4. The van der Waals surface area contributed by atoms with Crippen LogP contribution in [0.2, 0.25) is 0 Å². The third-order valence-corrected chi connectivity index (χ3v) is 19.3. The van der Waals surface area contributed by atoms with E-state index in [1.807, 2.05) is 6.07 Å². The Morgan fingerprint density at radius 1 is 0.544 bits per heavy atom. The fourth-order valence-electron chi connectivity index (χ4n) is 14.2. The Balaban J connectivity index is 0.000000159. The van der Waals surface area contributed by atoms with Gasteiger partial charge in [0.25, 0.3) is 11.1 Å². The lowest BCUT2D eigenvalue weighted by Crippen LogP contribution is -2.43. The van der Waals surface area contributed by atoms with Crippen LogP contribution in [0.1, 0.15) is 158 Å². The number of aromatic nitrogens is 3. The molecule has 18 heteroatoms. The SMILES string of the molecule is C.O=C(CC1CCCCC1)c1ccn(CC(O)CN2CCc3ccccc3C2)c(=O)c1.O=C(CC1CCOCC1)c1cc(=O)n(CC(O)CN2CCc3ccccc3C2)cn1.O=C(NC1CCCCC1)C1CC(=O)N(CC(O)CN2CCc3ccccc3C2)C1. The van der Waals surface area contributed by atoms with Gasteiger partial charge in [0.05, 0.1) is 43.6 Å². The quantitative estimate of drug-likeness (QED) is 0.0558. The molecule has 4 fully saturated rings. The molecular formula is C72H98N8O10. The molecule has 4 atom stereocenters. The van der Waals surface area contributed by atoms with Crippen molar-refractivity contribution in [1.82, 2.24) is 39.0 Å². The standard InChI is InChI=1S/C25H32N2O3.C23H29N3O4.C23H33N3O3.CH4/c28-23(17-26-12-10-20-8-4-5-9-22(20)16-26)18-27-13-11-21(15-25(27)30)24(29)14-19-6-2-1-3-7-19;27-20(14-25-8-5-18-3-1-2-4-19(18)13-25)15-26-16-24-21(12-23(26)29)22(28)11-17-6-9-30-10-7-17;27-21(15-25-11-10-17-6-4-5-7-18(17)13-25)16-26-14-19(12-22(26)28)23(29)24-20-8-2-1-3-9-20;/h4-5,8-9,11,13,15,19,23,28H,1-3,6-7,10,12,14,16-18H2;1-4,12,16-17,20,27H,5-11,13-15H2;4-7,19-21,27H,1-3,8-16H2,(H,24,29);1H4. The number of fused-ring (bicyclic) bond motifs is 3. The molecule has 2 aromatic heterocycles. The molecular weight excluding hydrogens is 1140 g/mol. The normalized spacial score (nSPS) is 20.3. The van der Waals surface area contributed by atoms with Gasteiger partial charge in [0.15, 0.2) is 11.6 Å². The summed E-state index contributed by atoms with van der Waals surface area (Å²) in [6.45, 7) is 9.30. The molecule has 12 rings (SSSR count). The molecule has 2 amide bonds. The van der Waals surface area contributed by atoms with Crippen LogP contribution in [-0.4, -0.2) is 162 Å². The predicted molar refractivity (Wildman–Crippen MR) is 348 cm³/mol. The molecule has 7 aliphatic rings. The van der Waals surface area contributed by atoms with Gasteiger partial charge in [-0.2, -0.15) is 0 Å². The van der Waals surface area contributed by atoms with Gasteiger partial charge in [0.2, 0.25) is 11.8 Å². The molecule has 4 unspecified atom stereocenters. The monoisotopic (exact) mass is 1230 g/mol. The van der Waals surface area contributed by atoms with Crippen molar-refractivity contribution in [2.45, 2.75) is 180 Å². The number of hydrogen-bond donors (Lipinski definition) is 4. The largest absolute Gasteiger partial charge is 0.390 e. The number of hydrogen-bond acceptors (Lipinski definition) is 14. The van der Waals surface area contributed by atoms with Crippen LogP contribution in [0.5, 0.6) is 0 Å². The zero-order chi connectivity index (χ0) is 62.1. The third kappa shape index (κ3) is 19.8. The lowest BCUT2D eigenvalue weighted by molar-refractivity contribution is -0.130. The van der Waals surface area contributed by atoms with E-state index in [4.69, 9.17) is 4.74 Å². The van der Waals surface area contributed by atoms with Crippen molar-refractivity contribution in [3.8, 4) is 0 Å². The number of β-amino-alcohol motifs (C(OH)–C–C–N with tert-alkyl or cyclic N) is 3. The van der Waals surface area contributed by atoms with Crippen LogP contribution in [0.3, 0.4) is 0 Å². The number of carbonyl (C=O) groups excluding carboxylic acids is 4. The molecule has 0 bridgehead atoms. The number of aliphatic hydroxyl groups excluding tert-OH is 3. The van der Waals surface area contributed by atoms with Crippen LogP contribution >= 0.6 is 0 Å². The van der Waals surface area contributed by atoms with Gasteiger partial charge in [-0.15, -0.1) is 0 Å². The maximum Gasteiger partial charge on any atom is 0.254 e. The summed E-state index contributed by atoms with van der Waals surface area (Å²) in [5.41, 5.74) is 8.26. The molecule has 2 saturated carbocycles. The fraction of sp³-hybridized carbons (Fsp3) is 0.569. The van der Waals surface area contributed by atoms with E-state index < -0.39 is 18.3 Å². The zero-order valence-corrected chi connectivity index (χ0v) is 52.0. The van der Waals surface area contributed by atoms with Gasteiger partial charge in [-0.1, -0.05) is 132 Å². The number of aliphatic hydroxyl groups is 3. The number of ether oxygens (including phenoxy) is 1. The van der Waals surface area contributed by atoms with Crippen LogP contribution in [0, 0.1) is 17.8 Å². The number of ketones is 2. The second-order valence-corrected chi connectivity index (χ2v) is 26.3. The van der Waals surface area contributed by atoms with Gasteiger partial charge < -0.3 is 34.8 Å². The van der Waals surface area contributed by atoms with Crippen LogP contribution in [-0.2, 0) is 66.3 Å². The van der Waals surface area contributed by atoms with Gasteiger partial charge in [0.1, 0.15) is 5.69 Å². The van der Waals surface area contributed by atoms with Crippen molar-refractivity contribution in [2.24, 2.45) is 17.8 Å². The highest BCUT2D eigenvalue weighted by Gasteiger charge is 2.36. The minimum absolute atomic E-state index is 0. The summed E-state index contributed by atoms with van der Waals surface area (Å²) >= 11 is 0. The van der Waals surface area contributed by atoms with E-state index in [-0.39, 0.29) is 79.1 Å². The number of nitrogens with zero attached hydrogens (tertiary/aromatic N) is 7. The molecule has 3 aromatic carbocycles. The van der Waals surface area contributed by atoms with Crippen LogP contribution < -0.4 is 16.4 Å². The highest BCUT2D eigenvalue weighted by Crippen LogP contribution is 2.29. The van der Waals surface area contributed by atoms with Gasteiger partial charge in [-0.05, 0) is 96.2 Å². The van der Waals surface area contributed by atoms with Crippen LogP contribution in [0.15, 0.2) is 113 Å². The van der Waals surface area contributed by atoms with Gasteiger partial charge in [-0.25, -0.2) is 4.98 Å². The minimum Gasteiger partial charge on any atom is -0.390 e. The summed E-state index contributed by atoms with van der Waals surface area (Å²) < 4.78 is 8.22. The zero-order valence-electron chi connectivity index (χ0n) is 52.0. The second kappa shape index (κ2) is 33.7. The topological polar surface area (TPSA) is 220 Å². The molecule has 486 valence electrons. The number of likely N-dealkylation sites (tertiary alicyclic amines) is 1. The van der Waals surface area contributed by atoms with E-state index in [1.165, 1.54) is 99.5 Å². The molecule has 7 heterocycles. The number of nitrogens with one attached hydrogen (secondary N) is 1. The number of Topliss-reactive ketones (excluding diaryl/α,β-unsaturated/α-hetero) is 2. The number of benzene rings is 3. The lowest BCUT2D eigenvalue weighted by atomic mass is 9.85. The molecule has 90 heavy (non-hydrogen) atoms. The average molecular weight is 1240 g/mol. The minimum atomic E-state index is -0.682. The Hall–Kier alpha value is -6.51. The van der Waals surface area contributed by atoms with Gasteiger partial charge >= 0.3 is 0 Å². The van der Waals surface area contributed by atoms with E-state index in [1.54, 1.807) is 17.2 Å². The summed E-state index contributed by atoms with van der Waals surface area (Å²) in [6.07, 6.45) is 18.7. The first-order valence-corrected chi connectivity index (χ1v) is 33.2. The Morgan fingerprint density at radius 3 is 1.53 bits per heavy atom. The summed E-state index contributed by atoms with van der Waals surface area (Å²) in [5, 5.41) is 34.8. The Labute approximate surface area is 531 Å². The van der Waals surface area contributed by atoms with Crippen molar-refractivity contribution in [3.05, 3.63) is 169 Å². The van der Waals surface area contributed by atoms with Crippen LogP contribution in [0.25, 0.3) is 0 Å². The first-order chi connectivity index (χ1) is 43.2. The highest BCUT2D eigenvalue weighted by atomic mass is 16.5. The molecule has 5 aliphatic heterocycles. The second-order valence-electron chi connectivity index (χ2n) is 26.3. The van der Waals surface area contributed by atoms with Crippen molar-refractivity contribution < 1.29 is 39.2 Å². The van der Waals surface area contributed by atoms with Crippen molar-refractivity contribution in [2.75, 3.05) is 65.6 Å². The predicted octanol–water partition coefficient (Wildman–Crippen LogP) is 7.42. The molecule has 4 N–H and O–H groups in total. The summed E-state index contributed by atoms with van der Waals surface area (Å²) in [7, 11) is 0. The van der Waals surface area contributed by atoms with Crippen LogP contribution in [0.4, 0.5) is 0 Å². The Morgan fingerprint density at radius 2 is 1.01 bits per heavy atom. The van der Waals surface area contributed by atoms with E-state index in [0.29, 0.717) is 76.2 Å². The van der Waals surface area contributed by atoms with Crippen molar-refractivity contribution in [3.63, 3.8) is 0 Å². The Bertz CT molecular complexity index is 3120. The van der Waals surface area contributed by atoms with Gasteiger partial charge in [-0.3, -0.25) is 48.0 Å². The number of amides is 2. The first-order valence-electron chi connectivity index (χ1n) is 33.2. The molecule has 18 nitrogen and oxygen atoms in total. The van der Waals surface area contributed by atoms with Crippen molar-refractivity contribution in [1.29, 1.82) is 0 Å².